The van der Waals surface area contributed by atoms with E-state index in [1.54, 1.807) is 0 Å². The van der Waals surface area contributed by atoms with Crippen molar-refractivity contribution in [2.24, 2.45) is 0 Å². The number of carbonyl (C=O) groups is 1. The first kappa shape index (κ1) is 15.5. The number of nitrogens with two attached hydrogens (primary N) is 1. The highest BCUT2D eigenvalue weighted by molar-refractivity contribution is 5.76. The first-order valence-corrected chi connectivity index (χ1v) is 7.29. The van der Waals surface area contributed by atoms with Gasteiger partial charge in [-0.15, -0.1) is 0 Å². The lowest BCUT2D eigenvalue weighted by atomic mass is 10.0. The molecule has 0 spiro atoms. The number of hydrogen-bond acceptors (Lipinski definition) is 6. The summed E-state index contributed by atoms with van der Waals surface area (Å²) in [5.41, 5.74) is 6.79. The molecule has 116 valence electrons. The van der Waals surface area contributed by atoms with Crippen LogP contribution in [-0.4, -0.2) is 53.6 Å². The molecule has 1 amide bonds. The molecule has 21 heavy (non-hydrogen) atoms. The van der Waals surface area contributed by atoms with Crippen LogP contribution < -0.4 is 11.1 Å². The lowest BCUT2D eigenvalue weighted by Gasteiger charge is -2.27. The molecule has 1 aliphatic rings. The molecule has 2 heterocycles. The predicted octanol–water partition coefficient (Wildman–Crippen LogP) is 0.843. The van der Waals surface area contributed by atoms with Gasteiger partial charge in [0.25, 0.3) is 0 Å². The third-order valence-corrected chi connectivity index (χ3v) is 3.49. The molecule has 7 heteroatoms. The first-order chi connectivity index (χ1) is 10.1. The van der Waals surface area contributed by atoms with Crippen LogP contribution >= 0.6 is 0 Å². The van der Waals surface area contributed by atoms with Gasteiger partial charge in [-0.05, 0) is 5.92 Å². The quantitative estimate of drug-likeness (QED) is 0.835. The maximum absolute atomic E-state index is 12.0. The van der Waals surface area contributed by atoms with Gasteiger partial charge in [-0.25, -0.2) is 9.97 Å². The third kappa shape index (κ3) is 4.04. The highest BCUT2D eigenvalue weighted by Gasteiger charge is 2.17. The molecule has 1 aromatic heterocycles. The Labute approximate surface area is 124 Å². The Hall–Kier alpha value is -1.89. The van der Waals surface area contributed by atoms with Gasteiger partial charge in [-0.3, -0.25) is 4.79 Å². The van der Waals surface area contributed by atoms with Crippen molar-refractivity contribution in [1.82, 2.24) is 14.9 Å². The molecule has 0 radical (unpaired) electrons. The van der Waals surface area contributed by atoms with E-state index in [1.807, 2.05) is 18.7 Å². The minimum atomic E-state index is 0.138. The summed E-state index contributed by atoms with van der Waals surface area (Å²) in [6.07, 6.45) is 1.87. The van der Waals surface area contributed by atoms with Crippen LogP contribution in [0.3, 0.4) is 0 Å². The Bertz CT molecular complexity index is 486. The van der Waals surface area contributed by atoms with E-state index >= 15 is 0 Å². The highest BCUT2D eigenvalue weighted by Crippen LogP contribution is 2.26. The molecule has 1 aromatic rings. The van der Waals surface area contributed by atoms with Gasteiger partial charge in [0.1, 0.15) is 18.0 Å². The maximum atomic E-state index is 12.0. The van der Waals surface area contributed by atoms with E-state index in [9.17, 15) is 4.79 Å². The van der Waals surface area contributed by atoms with Crippen molar-refractivity contribution in [2.45, 2.75) is 26.2 Å². The molecule has 1 fully saturated rings. The fourth-order valence-corrected chi connectivity index (χ4v) is 2.38. The first-order valence-electron chi connectivity index (χ1n) is 7.29. The number of morpholine rings is 1. The summed E-state index contributed by atoms with van der Waals surface area (Å²) < 4.78 is 5.24. The van der Waals surface area contributed by atoms with Gasteiger partial charge in [-0.1, -0.05) is 13.8 Å². The maximum Gasteiger partial charge on any atom is 0.224 e. The van der Waals surface area contributed by atoms with Gasteiger partial charge >= 0.3 is 0 Å². The largest absolute Gasteiger partial charge is 0.383 e. The molecule has 1 saturated heterocycles. The number of amides is 1. The zero-order valence-electron chi connectivity index (χ0n) is 12.6. The van der Waals surface area contributed by atoms with Crippen molar-refractivity contribution in [3.8, 4) is 0 Å². The second-order valence-corrected chi connectivity index (χ2v) is 5.35. The number of hydrogen-bond donors (Lipinski definition) is 2. The van der Waals surface area contributed by atoms with Crippen molar-refractivity contribution in [3.63, 3.8) is 0 Å². The van der Waals surface area contributed by atoms with Crippen molar-refractivity contribution in [3.05, 3.63) is 11.9 Å². The molecule has 2 rings (SSSR count). The topological polar surface area (TPSA) is 93.4 Å². The summed E-state index contributed by atoms with van der Waals surface area (Å²) in [6.45, 7) is 7.22. The SMILES string of the molecule is CC(C)c1c(N)ncnc1NCCC(=O)N1CCOCC1. The minimum Gasteiger partial charge on any atom is -0.383 e. The molecule has 0 unspecified atom stereocenters. The van der Waals surface area contributed by atoms with Crippen molar-refractivity contribution in [1.29, 1.82) is 0 Å². The Morgan fingerprint density at radius 3 is 2.81 bits per heavy atom. The molecule has 1 aliphatic heterocycles. The summed E-state index contributed by atoms with van der Waals surface area (Å²) in [4.78, 5) is 22.1. The second kappa shape index (κ2) is 7.21. The molecule has 3 N–H and O–H groups in total. The van der Waals surface area contributed by atoms with Crippen molar-refractivity contribution in [2.75, 3.05) is 43.9 Å². The van der Waals surface area contributed by atoms with Crippen LogP contribution in [0.1, 0.15) is 31.7 Å². The van der Waals surface area contributed by atoms with Crippen LogP contribution in [0.4, 0.5) is 11.6 Å². The number of nitrogens with zero attached hydrogens (tertiary/aromatic N) is 3. The second-order valence-electron chi connectivity index (χ2n) is 5.35. The minimum absolute atomic E-state index is 0.138. The van der Waals surface area contributed by atoms with E-state index in [0.717, 1.165) is 5.56 Å². The summed E-state index contributed by atoms with van der Waals surface area (Å²) in [7, 11) is 0. The van der Waals surface area contributed by atoms with Gasteiger partial charge in [0.15, 0.2) is 0 Å². The highest BCUT2D eigenvalue weighted by atomic mass is 16.5. The lowest BCUT2D eigenvalue weighted by Crippen LogP contribution is -2.41. The number of anilines is 2. The molecule has 0 bridgehead atoms. The fourth-order valence-electron chi connectivity index (χ4n) is 2.38. The van der Waals surface area contributed by atoms with Gasteiger partial charge in [-0.2, -0.15) is 0 Å². The van der Waals surface area contributed by atoms with Crippen LogP contribution in [0.5, 0.6) is 0 Å². The van der Waals surface area contributed by atoms with Crippen LogP contribution in [0.25, 0.3) is 0 Å². The molecular weight excluding hydrogens is 270 g/mol. The Morgan fingerprint density at radius 1 is 1.43 bits per heavy atom. The fraction of sp³-hybridized carbons (Fsp3) is 0.643. The van der Waals surface area contributed by atoms with Crippen LogP contribution in [0.2, 0.25) is 0 Å². The van der Waals surface area contributed by atoms with E-state index in [0.29, 0.717) is 50.9 Å². The van der Waals surface area contributed by atoms with Gasteiger partial charge in [0.05, 0.1) is 13.2 Å². The smallest absolute Gasteiger partial charge is 0.224 e. The number of carbonyl (C=O) groups excluding carboxylic acids is 1. The van der Waals surface area contributed by atoms with E-state index in [-0.39, 0.29) is 11.8 Å². The molecule has 7 nitrogen and oxygen atoms in total. The number of ether oxygens (including phenoxy) is 1. The van der Waals surface area contributed by atoms with Gasteiger partial charge < -0.3 is 20.7 Å². The van der Waals surface area contributed by atoms with E-state index in [4.69, 9.17) is 10.5 Å². The van der Waals surface area contributed by atoms with Crippen molar-refractivity contribution >= 4 is 17.5 Å². The lowest BCUT2D eigenvalue weighted by molar-refractivity contribution is -0.134. The van der Waals surface area contributed by atoms with E-state index in [2.05, 4.69) is 15.3 Å². The molecular formula is C14H23N5O2. The summed E-state index contributed by atoms with van der Waals surface area (Å²) >= 11 is 0. The van der Waals surface area contributed by atoms with E-state index in [1.165, 1.54) is 6.33 Å². The Balaban J connectivity index is 1.88. The normalized spacial score (nSPS) is 15.3. The van der Waals surface area contributed by atoms with Gasteiger partial charge in [0.2, 0.25) is 5.91 Å². The molecule has 0 atom stereocenters. The number of nitrogen functional groups attached to an aromatic ring is 1. The number of nitrogens with one attached hydrogen (secondary N) is 1. The van der Waals surface area contributed by atoms with Crippen molar-refractivity contribution < 1.29 is 9.53 Å². The molecule has 0 saturated carbocycles. The molecule has 0 aromatic carbocycles. The average Bonchev–Trinajstić information content (AvgIpc) is 2.47. The third-order valence-electron chi connectivity index (χ3n) is 3.49. The summed E-state index contributed by atoms with van der Waals surface area (Å²) in [6, 6.07) is 0. The molecule has 0 aliphatic carbocycles. The van der Waals surface area contributed by atoms with Crippen LogP contribution in [0, 0.1) is 0 Å². The van der Waals surface area contributed by atoms with Gasteiger partial charge in [0, 0.05) is 31.6 Å². The Kier molecular flexibility index (Phi) is 5.32. The van der Waals surface area contributed by atoms with Crippen LogP contribution in [-0.2, 0) is 9.53 Å². The predicted molar refractivity (Wildman–Crippen MR) is 81.0 cm³/mol. The number of rotatable bonds is 5. The number of aromatic nitrogens is 2. The monoisotopic (exact) mass is 293 g/mol. The zero-order chi connectivity index (χ0) is 15.2. The summed E-state index contributed by atoms with van der Waals surface area (Å²) in [5, 5.41) is 3.20. The Morgan fingerprint density at radius 2 is 2.14 bits per heavy atom. The summed E-state index contributed by atoms with van der Waals surface area (Å²) in [5.74, 6) is 1.57. The van der Waals surface area contributed by atoms with E-state index < -0.39 is 0 Å². The zero-order valence-corrected chi connectivity index (χ0v) is 12.6. The standard InChI is InChI=1S/C14H23N5O2/c1-10(2)12-13(15)17-9-18-14(12)16-4-3-11(20)19-5-7-21-8-6-19/h9-10H,3-8H2,1-2H3,(H3,15,16,17,18). The van der Waals surface area contributed by atoms with Crippen LogP contribution in [0.15, 0.2) is 6.33 Å². The average molecular weight is 293 g/mol.